The van der Waals surface area contributed by atoms with Gasteiger partial charge in [0.15, 0.2) is 4.90 Å². The largest absolute Gasteiger partial charge is 0.379 e. The average Bonchev–Trinajstić information content (AvgIpc) is 2.75. The Morgan fingerprint density at radius 1 is 1.14 bits per heavy atom. The van der Waals surface area contributed by atoms with Gasteiger partial charge in [0.25, 0.3) is 5.69 Å². The second-order valence-corrected chi connectivity index (χ2v) is 9.35. The lowest BCUT2D eigenvalue weighted by molar-refractivity contribution is -0.387. The zero-order valence-electron chi connectivity index (χ0n) is 16.7. The van der Waals surface area contributed by atoms with Crippen molar-refractivity contribution in [2.45, 2.75) is 37.0 Å². The molecule has 160 valence electrons. The molecule has 1 aromatic carbocycles. The van der Waals surface area contributed by atoms with Crippen LogP contribution in [0.15, 0.2) is 40.8 Å². The molecule has 0 N–H and O–H groups in total. The van der Waals surface area contributed by atoms with Gasteiger partial charge in [0.1, 0.15) is 0 Å². The summed E-state index contributed by atoms with van der Waals surface area (Å²) in [6, 6.07) is 5.59. The number of rotatable bonds is 9. The van der Waals surface area contributed by atoms with Crippen molar-refractivity contribution in [1.29, 1.82) is 0 Å². The van der Waals surface area contributed by atoms with Crippen LogP contribution in [-0.2, 0) is 14.8 Å². The molecule has 3 rings (SSSR count). The highest BCUT2D eigenvalue weighted by molar-refractivity contribution is 7.89. The second kappa shape index (κ2) is 10.3. The van der Waals surface area contributed by atoms with E-state index in [1.807, 2.05) is 0 Å². The fourth-order valence-electron chi connectivity index (χ4n) is 3.80. The molecule has 1 fully saturated rings. The number of nitro groups is 1. The summed E-state index contributed by atoms with van der Waals surface area (Å²) in [5, 5.41) is 11.4. The van der Waals surface area contributed by atoms with Gasteiger partial charge in [-0.05, 0) is 38.2 Å². The van der Waals surface area contributed by atoms with Crippen molar-refractivity contribution in [3.63, 3.8) is 0 Å². The Morgan fingerprint density at radius 3 is 2.59 bits per heavy atom. The molecule has 8 nitrogen and oxygen atoms in total. The van der Waals surface area contributed by atoms with E-state index < -0.39 is 14.9 Å². The van der Waals surface area contributed by atoms with Crippen LogP contribution in [0.5, 0.6) is 0 Å². The molecule has 2 aliphatic rings. The molecule has 29 heavy (non-hydrogen) atoms. The number of hydrogen-bond donors (Lipinski definition) is 0. The Kier molecular flexibility index (Phi) is 7.77. The summed E-state index contributed by atoms with van der Waals surface area (Å²) in [7, 11) is -3.97. The lowest BCUT2D eigenvalue weighted by atomic mass is 9.97. The van der Waals surface area contributed by atoms with Crippen LogP contribution in [0, 0.1) is 10.1 Å². The summed E-state index contributed by atoms with van der Waals surface area (Å²) >= 11 is 0. The molecule has 0 unspecified atom stereocenters. The van der Waals surface area contributed by atoms with Crippen molar-refractivity contribution >= 4 is 15.7 Å². The van der Waals surface area contributed by atoms with Crippen LogP contribution in [0.4, 0.5) is 5.69 Å². The number of morpholine rings is 1. The van der Waals surface area contributed by atoms with Crippen molar-refractivity contribution in [2.24, 2.45) is 0 Å². The van der Waals surface area contributed by atoms with Crippen LogP contribution in [-0.4, -0.2) is 68.5 Å². The van der Waals surface area contributed by atoms with Gasteiger partial charge >= 0.3 is 0 Å². The monoisotopic (exact) mass is 423 g/mol. The maximum Gasteiger partial charge on any atom is 0.289 e. The summed E-state index contributed by atoms with van der Waals surface area (Å²) in [6.45, 7) is 4.05. The number of allylic oxidation sites excluding steroid dienone is 1. The normalized spacial score (nSPS) is 18.6. The van der Waals surface area contributed by atoms with Crippen LogP contribution < -0.4 is 0 Å². The van der Waals surface area contributed by atoms with E-state index in [1.54, 1.807) is 0 Å². The number of para-hydroxylation sites is 1. The minimum Gasteiger partial charge on any atom is -0.379 e. The third kappa shape index (κ3) is 5.85. The first-order chi connectivity index (χ1) is 14.0. The summed E-state index contributed by atoms with van der Waals surface area (Å²) in [4.78, 5) is 12.7. The third-order valence-corrected chi connectivity index (χ3v) is 7.46. The highest BCUT2D eigenvalue weighted by Crippen LogP contribution is 2.27. The Labute approximate surface area is 172 Å². The molecule has 0 bridgehead atoms. The van der Waals surface area contributed by atoms with Crippen LogP contribution in [0.3, 0.4) is 0 Å². The van der Waals surface area contributed by atoms with Gasteiger partial charge in [-0.15, -0.1) is 0 Å². The van der Waals surface area contributed by atoms with Crippen molar-refractivity contribution in [3.05, 3.63) is 46.0 Å². The predicted molar refractivity (Wildman–Crippen MR) is 110 cm³/mol. The maximum absolute atomic E-state index is 13.4. The first-order valence-corrected chi connectivity index (χ1v) is 11.6. The average molecular weight is 424 g/mol. The van der Waals surface area contributed by atoms with Crippen LogP contribution >= 0.6 is 0 Å². The van der Waals surface area contributed by atoms with E-state index in [0.717, 1.165) is 32.4 Å². The molecule has 0 amide bonds. The van der Waals surface area contributed by atoms with Crippen LogP contribution in [0.25, 0.3) is 0 Å². The first kappa shape index (κ1) is 21.9. The smallest absolute Gasteiger partial charge is 0.289 e. The molecule has 9 heteroatoms. The quantitative estimate of drug-likeness (QED) is 0.344. The standard InChI is InChI=1S/C20H29N3O5S/c24-23(25)19-8-4-5-9-20(19)29(26,27)22(11-10-18-6-2-1-3-7-18)13-12-21-14-16-28-17-15-21/h4-6,8-9H,1-3,7,10-17H2. The predicted octanol–water partition coefficient (Wildman–Crippen LogP) is 2.81. The summed E-state index contributed by atoms with van der Waals surface area (Å²) in [5.74, 6) is 0. The number of nitrogens with zero attached hydrogens (tertiary/aromatic N) is 3. The summed E-state index contributed by atoms with van der Waals surface area (Å²) in [6.07, 6.45) is 7.24. The molecular formula is C20H29N3O5S. The fraction of sp³-hybridized carbons (Fsp3) is 0.600. The summed E-state index contributed by atoms with van der Waals surface area (Å²) in [5.41, 5.74) is 0.908. The molecule has 1 aromatic rings. The molecule has 0 radical (unpaired) electrons. The minimum absolute atomic E-state index is 0.232. The second-order valence-electron chi connectivity index (χ2n) is 7.44. The molecule has 0 saturated carbocycles. The van der Waals surface area contributed by atoms with Crippen molar-refractivity contribution in [2.75, 3.05) is 45.9 Å². The highest BCUT2D eigenvalue weighted by atomic mass is 32.2. The van der Waals surface area contributed by atoms with E-state index in [0.29, 0.717) is 39.3 Å². The van der Waals surface area contributed by atoms with Gasteiger partial charge in [0.2, 0.25) is 10.0 Å². The molecular weight excluding hydrogens is 394 g/mol. The molecule has 1 aliphatic carbocycles. The molecule has 1 saturated heterocycles. The van der Waals surface area contributed by atoms with E-state index >= 15 is 0 Å². The summed E-state index contributed by atoms with van der Waals surface area (Å²) < 4.78 is 33.5. The minimum atomic E-state index is -3.97. The van der Waals surface area contributed by atoms with Gasteiger partial charge < -0.3 is 4.74 Å². The number of ether oxygens (including phenoxy) is 1. The Morgan fingerprint density at radius 2 is 1.90 bits per heavy atom. The van der Waals surface area contributed by atoms with Crippen molar-refractivity contribution < 1.29 is 18.1 Å². The van der Waals surface area contributed by atoms with E-state index in [9.17, 15) is 18.5 Å². The lowest BCUT2D eigenvalue weighted by Crippen LogP contribution is -2.43. The van der Waals surface area contributed by atoms with Gasteiger partial charge in [0.05, 0.1) is 18.1 Å². The SMILES string of the molecule is O=[N+]([O-])c1ccccc1S(=O)(=O)N(CCC1=CCCCC1)CCN1CCOCC1. The fourth-order valence-corrected chi connectivity index (χ4v) is 5.38. The van der Waals surface area contributed by atoms with E-state index in [2.05, 4.69) is 11.0 Å². The van der Waals surface area contributed by atoms with Gasteiger partial charge in [0, 0.05) is 38.8 Å². The van der Waals surface area contributed by atoms with Crippen LogP contribution in [0.1, 0.15) is 32.1 Å². The first-order valence-electron chi connectivity index (χ1n) is 10.2. The zero-order valence-corrected chi connectivity index (χ0v) is 17.5. The molecule has 1 heterocycles. The van der Waals surface area contributed by atoms with Crippen LogP contribution in [0.2, 0.25) is 0 Å². The van der Waals surface area contributed by atoms with E-state index in [1.165, 1.54) is 40.6 Å². The van der Waals surface area contributed by atoms with Gasteiger partial charge in [-0.2, -0.15) is 4.31 Å². The number of hydrogen-bond acceptors (Lipinski definition) is 6. The highest BCUT2D eigenvalue weighted by Gasteiger charge is 2.31. The Balaban J connectivity index is 1.79. The lowest BCUT2D eigenvalue weighted by Gasteiger charge is -2.30. The molecule has 0 spiro atoms. The van der Waals surface area contributed by atoms with Gasteiger partial charge in [-0.1, -0.05) is 23.8 Å². The van der Waals surface area contributed by atoms with E-state index in [-0.39, 0.29) is 10.6 Å². The molecule has 0 atom stereocenters. The Bertz CT molecular complexity index is 834. The Hall–Kier alpha value is -1.81. The van der Waals surface area contributed by atoms with Gasteiger partial charge in [-0.25, -0.2) is 8.42 Å². The number of nitro benzene ring substituents is 1. The zero-order chi connectivity index (χ0) is 20.7. The topological polar surface area (TPSA) is 93.0 Å². The van der Waals surface area contributed by atoms with Crippen molar-refractivity contribution in [1.82, 2.24) is 9.21 Å². The molecule has 1 aliphatic heterocycles. The number of benzene rings is 1. The third-order valence-electron chi connectivity index (χ3n) is 5.52. The molecule has 0 aromatic heterocycles. The maximum atomic E-state index is 13.4. The number of sulfonamides is 1. The van der Waals surface area contributed by atoms with E-state index in [4.69, 9.17) is 4.74 Å². The van der Waals surface area contributed by atoms with Crippen molar-refractivity contribution in [3.8, 4) is 0 Å². The van der Waals surface area contributed by atoms with Gasteiger partial charge in [-0.3, -0.25) is 15.0 Å².